The number of hydrogen-bond donors (Lipinski definition) is 0. The molecule has 270 valence electrons. The quantitative estimate of drug-likeness (QED) is 0.169. The monoisotopic (exact) mass is 729 g/mol. The van der Waals surface area contributed by atoms with Crippen LogP contribution in [0.1, 0.15) is 25.0 Å². The van der Waals surface area contributed by atoms with Gasteiger partial charge in [0, 0.05) is 33.2 Å². The molecule has 0 spiro atoms. The van der Waals surface area contributed by atoms with Crippen molar-refractivity contribution in [3.63, 3.8) is 0 Å². The molecule has 0 saturated heterocycles. The predicted octanol–water partition coefficient (Wildman–Crippen LogP) is 15.5. The smallest absolute Gasteiger partial charge is 0.136 e. The van der Waals surface area contributed by atoms with E-state index >= 15 is 0 Å². The van der Waals surface area contributed by atoms with Crippen molar-refractivity contribution in [3.8, 4) is 44.5 Å². The Labute approximate surface area is 332 Å². The molecule has 0 radical (unpaired) electrons. The summed E-state index contributed by atoms with van der Waals surface area (Å²) in [7, 11) is 0. The number of rotatable bonds is 6. The average molecular weight is 730 g/mol. The van der Waals surface area contributed by atoms with E-state index in [1.165, 1.54) is 60.8 Å². The maximum Gasteiger partial charge on any atom is 0.136 e. The van der Waals surface area contributed by atoms with E-state index in [-0.39, 0.29) is 5.41 Å². The van der Waals surface area contributed by atoms with Crippen LogP contribution < -0.4 is 4.90 Å². The zero-order valence-corrected chi connectivity index (χ0v) is 31.9. The third kappa shape index (κ3) is 5.40. The van der Waals surface area contributed by atoms with E-state index in [2.05, 4.69) is 207 Å². The molecule has 0 atom stereocenters. The molecule has 10 aromatic rings. The molecule has 0 saturated carbocycles. The van der Waals surface area contributed by atoms with Crippen LogP contribution in [0.2, 0.25) is 0 Å². The van der Waals surface area contributed by atoms with E-state index in [1.54, 1.807) is 0 Å². The zero-order chi connectivity index (χ0) is 38.1. The highest BCUT2D eigenvalue weighted by atomic mass is 16.3. The summed E-state index contributed by atoms with van der Waals surface area (Å²) >= 11 is 0. The highest BCUT2D eigenvalue weighted by molar-refractivity contribution is 6.12. The molecule has 11 rings (SSSR count). The Morgan fingerprint density at radius 1 is 0.368 bits per heavy atom. The first-order valence-corrected chi connectivity index (χ1v) is 19.8. The first-order chi connectivity index (χ1) is 28.0. The minimum atomic E-state index is -0.0455. The summed E-state index contributed by atoms with van der Waals surface area (Å²) in [5.74, 6) is 0. The topological polar surface area (TPSA) is 16.4 Å². The highest BCUT2D eigenvalue weighted by Crippen LogP contribution is 2.50. The molecule has 0 amide bonds. The van der Waals surface area contributed by atoms with E-state index in [1.807, 2.05) is 12.1 Å². The van der Waals surface area contributed by atoms with Crippen LogP contribution in [0.5, 0.6) is 0 Å². The molecule has 0 aliphatic heterocycles. The lowest BCUT2D eigenvalue weighted by atomic mass is 9.81. The maximum atomic E-state index is 6.25. The summed E-state index contributed by atoms with van der Waals surface area (Å²) in [5.41, 5.74) is 17.7. The molecule has 0 bridgehead atoms. The molecule has 2 heteroatoms. The Morgan fingerprint density at radius 2 is 0.965 bits per heavy atom. The number of hydrogen-bond acceptors (Lipinski definition) is 2. The molecule has 1 aliphatic rings. The van der Waals surface area contributed by atoms with Crippen LogP contribution in [-0.2, 0) is 5.41 Å². The summed E-state index contributed by atoms with van der Waals surface area (Å²) in [6.45, 7) is 4.69. The lowest BCUT2D eigenvalue weighted by Gasteiger charge is -2.27. The molecule has 1 aliphatic carbocycles. The lowest BCUT2D eigenvalue weighted by Crippen LogP contribution is -2.14. The van der Waals surface area contributed by atoms with Crippen LogP contribution in [0, 0.1) is 0 Å². The summed E-state index contributed by atoms with van der Waals surface area (Å²) in [4.78, 5) is 2.37. The molecule has 2 nitrogen and oxygen atoms in total. The number of para-hydroxylation sites is 1. The van der Waals surface area contributed by atoms with Gasteiger partial charge < -0.3 is 9.32 Å². The third-order valence-electron chi connectivity index (χ3n) is 12.1. The standard InChI is InChI=1S/C55H39NO/c1-55(2)50-21-7-5-17-47(50)48-33-28-39(35-51(48)55)36-24-29-41(30-25-36)56(43-15-9-14-40(34-43)45-19-10-13-37-12-3-4-16-44(37)45)42-31-26-38(27-32-42)46-20-11-23-53-54(46)49-18-6-8-22-52(49)57-53/h3-35H,1-2H3. The highest BCUT2D eigenvalue weighted by Gasteiger charge is 2.35. The van der Waals surface area contributed by atoms with E-state index in [0.717, 1.165) is 44.6 Å². The van der Waals surface area contributed by atoms with Gasteiger partial charge in [0.15, 0.2) is 0 Å². The van der Waals surface area contributed by atoms with Crippen LogP contribution in [0.25, 0.3) is 77.2 Å². The zero-order valence-electron chi connectivity index (χ0n) is 31.9. The first-order valence-electron chi connectivity index (χ1n) is 19.8. The second-order valence-corrected chi connectivity index (χ2v) is 15.7. The average Bonchev–Trinajstić information content (AvgIpc) is 3.76. The van der Waals surface area contributed by atoms with Crippen LogP contribution in [0.4, 0.5) is 17.1 Å². The fourth-order valence-electron chi connectivity index (χ4n) is 9.23. The van der Waals surface area contributed by atoms with Crippen LogP contribution >= 0.6 is 0 Å². The fraction of sp³-hybridized carbons (Fsp3) is 0.0545. The van der Waals surface area contributed by atoms with Crippen LogP contribution in [0.3, 0.4) is 0 Å². The summed E-state index contributed by atoms with van der Waals surface area (Å²) in [6.07, 6.45) is 0. The Balaban J connectivity index is 1.01. The van der Waals surface area contributed by atoms with Crippen molar-refractivity contribution in [1.82, 2.24) is 0 Å². The van der Waals surface area contributed by atoms with Gasteiger partial charge in [-0.25, -0.2) is 0 Å². The first kappa shape index (κ1) is 33.2. The van der Waals surface area contributed by atoms with Gasteiger partial charge in [0.1, 0.15) is 11.2 Å². The fourth-order valence-corrected chi connectivity index (χ4v) is 9.23. The van der Waals surface area contributed by atoms with E-state index in [0.29, 0.717) is 0 Å². The largest absolute Gasteiger partial charge is 0.456 e. The van der Waals surface area contributed by atoms with E-state index < -0.39 is 0 Å². The molecular weight excluding hydrogens is 691 g/mol. The third-order valence-corrected chi connectivity index (χ3v) is 12.1. The maximum absolute atomic E-state index is 6.25. The summed E-state index contributed by atoms with van der Waals surface area (Å²) in [6, 6.07) is 72.7. The minimum Gasteiger partial charge on any atom is -0.456 e. The predicted molar refractivity (Wildman–Crippen MR) is 240 cm³/mol. The van der Waals surface area contributed by atoms with Gasteiger partial charge in [-0.05, 0) is 121 Å². The Kier molecular flexibility index (Phi) is 7.55. The van der Waals surface area contributed by atoms with E-state index in [9.17, 15) is 0 Å². The van der Waals surface area contributed by atoms with Crippen molar-refractivity contribution in [2.45, 2.75) is 19.3 Å². The van der Waals surface area contributed by atoms with Crippen molar-refractivity contribution in [2.75, 3.05) is 4.90 Å². The normalized spacial score (nSPS) is 12.9. The van der Waals surface area contributed by atoms with Crippen molar-refractivity contribution >= 4 is 49.8 Å². The van der Waals surface area contributed by atoms with Crippen molar-refractivity contribution < 1.29 is 4.42 Å². The van der Waals surface area contributed by atoms with Gasteiger partial charge in [0.2, 0.25) is 0 Å². The summed E-state index contributed by atoms with van der Waals surface area (Å²) in [5, 5.41) is 4.77. The second kappa shape index (κ2) is 13.0. The number of nitrogens with zero attached hydrogens (tertiary/aromatic N) is 1. The molecule has 57 heavy (non-hydrogen) atoms. The number of anilines is 3. The van der Waals surface area contributed by atoms with Gasteiger partial charge in [-0.2, -0.15) is 0 Å². The van der Waals surface area contributed by atoms with E-state index in [4.69, 9.17) is 4.42 Å². The van der Waals surface area contributed by atoms with Crippen molar-refractivity contribution in [2.24, 2.45) is 0 Å². The van der Waals surface area contributed by atoms with Gasteiger partial charge in [-0.1, -0.05) is 159 Å². The second-order valence-electron chi connectivity index (χ2n) is 15.7. The number of benzene rings is 9. The Hall–Kier alpha value is -7.16. The van der Waals surface area contributed by atoms with Gasteiger partial charge in [0.05, 0.1) is 0 Å². The summed E-state index contributed by atoms with van der Waals surface area (Å²) < 4.78 is 6.25. The van der Waals surface area contributed by atoms with Crippen molar-refractivity contribution in [3.05, 3.63) is 211 Å². The van der Waals surface area contributed by atoms with Gasteiger partial charge in [0.25, 0.3) is 0 Å². The Bertz CT molecular complexity index is 3140. The van der Waals surface area contributed by atoms with Gasteiger partial charge in [-0.15, -0.1) is 0 Å². The van der Waals surface area contributed by atoms with Crippen LogP contribution in [0.15, 0.2) is 205 Å². The Morgan fingerprint density at radius 3 is 1.81 bits per heavy atom. The molecule has 0 fully saturated rings. The SMILES string of the molecule is CC1(C)c2ccccc2-c2ccc(-c3ccc(N(c4ccc(-c5cccc6oc7ccccc7c56)cc4)c4cccc(-c5cccc6ccccc56)c4)cc3)cc21. The molecule has 9 aromatic carbocycles. The molecule has 1 aromatic heterocycles. The lowest BCUT2D eigenvalue weighted by molar-refractivity contribution is 0.660. The molecule has 1 heterocycles. The molecular formula is C55H39NO. The van der Waals surface area contributed by atoms with Crippen LogP contribution in [-0.4, -0.2) is 0 Å². The number of fused-ring (bicyclic) bond motifs is 7. The molecule has 0 N–H and O–H groups in total. The molecule has 0 unspecified atom stereocenters. The minimum absolute atomic E-state index is 0.0455. The number of furan rings is 1. The van der Waals surface area contributed by atoms with Gasteiger partial charge >= 0.3 is 0 Å². The van der Waals surface area contributed by atoms with Crippen molar-refractivity contribution in [1.29, 1.82) is 0 Å². The van der Waals surface area contributed by atoms with Gasteiger partial charge in [-0.3, -0.25) is 0 Å².